The topological polar surface area (TPSA) is 103 Å². The van der Waals surface area contributed by atoms with Gasteiger partial charge in [0.15, 0.2) is 0 Å². The summed E-state index contributed by atoms with van der Waals surface area (Å²) < 4.78 is 18.9. The van der Waals surface area contributed by atoms with Crippen LogP contribution in [0.5, 0.6) is 5.75 Å². The quantitative estimate of drug-likeness (QED) is 0.352. The lowest BCUT2D eigenvalue weighted by Gasteiger charge is -2.19. The third-order valence-corrected chi connectivity index (χ3v) is 4.27. The molecular weight excluding hydrogens is 395 g/mol. The predicted molar refractivity (Wildman–Crippen MR) is 119 cm³/mol. The zero-order chi connectivity index (χ0) is 23.2. The van der Waals surface area contributed by atoms with Crippen LogP contribution in [0, 0.1) is 28.0 Å². The number of ether oxygens (including phenoxy) is 1. The number of hydrogen-bond donors (Lipinski definition) is 3. The first-order valence-electron chi connectivity index (χ1n) is 9.85. The summed E-state index contributed by atoms with van der Waals surface area (Å²) in [5.41, 5.74) is 2.28. The second kappa shape index (κ2) is 10.0. The van der Waals surface area contributed by atoms with E-state index in [4.69, 9.17) is 10.1 Å². The minimum atomic E-state index is -0.462. The molecule has 2 rings (SSSR count). The maximum absolute atomic E-state index is 13.1. The molecule has 0 unspecified atom stereocenters. The molecule has 0 aliphatic heterocycles. The third-order valence-electron chi connectivity index (χ3n) is 4.27. The number of nitriles is 1. The third kappa shape index (κ3) is 7.05. The SMILES string of the molecule is CC(=N)/C(C(=O)Nc1ccc(OCC(C)(C)C)c(C#N)c1)=C(/C)[NH2+]c1ccc(F)cc1. The van der Waals surface area contributed by atoms with Crippen LogP contribution < -0.4 is 15.4 Å². The molecule has 0 aliphatic rings. The van der Waals surface area contributed by atoms with Crippen LogP contribution in [0.25, 0.3) is 0 Å². The zero-order valence-electron chi connectivity index (χ0n) is 18.5. The van der Waals surface area contributed by atoms with E-state index >= 15 is 0 Å². The van der Waals surface area contributed by atoms with Gasteiger partial charge in [0.05, 0.1) is 12.2 Å². The van der Waals surface area contributed by atoms with Gasteiger partial charge in [0.25, 0.3) is 5.91 Å². The lowest BCUT2D eigenvalue weighted by molar-refractivity contribution is -0.517. The Morgan fingerprint density at radius 2 is 1.84 bits per heavy atom. The number of allylic oxidation sites excluding steroid dienone is 1. The number of anilines is 1. The fourth-order valence-corrected chi connectivity index (χ4v) is 2.84. The Bertz CT molecular complexity index is 1040. The molecule has 0 aromatic heterocycles. The highest BCUT2D eigenvalue weighted by Gasteiger charge is 2.20. The van der Waals surface area contributed by atoms with Crippen LogP contribution in [-0.4, -0.2) is 18.2 Å². The van der Waals surface area contributed by atoms with Crippen molar-refractivity contribution in [2.45, 2.75) is 34.6 Å². The van der Waals surface area contributed by atoms with Crippen molar-refractivity contribution in [3.63, 3.8) is 0 Å². The van der Waals surface area contributed by atoms with Gasteiger partial charge in [0.1, 0.15) is 34.6 Å². The second-order valence-electron chi connectivity index (χ2n) is 8.51. The van der Waals surface area contributed by atoms with Gasteiger partial charge >= 0.3 is 0 Å². The van der Waals surface area contributed by atoms with Crippen LogP contribution in [0.15, 0.2) is 53.7 Å². The maximum Gasteiger partial charge on any atom is 0.263 e. The number of halogens is 1. The molecule has 0 saturated heterocycles. The normalized spacial score (nSPS) is 11.9. The smallest absolute Gasteiger partial charge is 0.263 e. The molecule has 0 fully saturated rings. The molecule has 2 aromatic rings. The van der Waals surface area contributed by atoms with E-state index in [1.165, 1.54) is 19.1 Å². The van der Waals surface area contributed by atoms with Gasteiger partial charge in [0.2, 0.25) is 0 Å². The molecule has 7 heteroatoms. The number of carbonyl (C=O) groups excluding carboxylic acids is 1. The van der Waals surface area contributed by atoms with Crippen molar-refractivity contribution in [2.75, 3.05) is 11.9 Å². The number of rotatable bonds is 7. The number of hydrogen-bond acceptors (Lipinski definition) is 4. The molecule has 0 bridgehead atoms. The number of carbonyl (C=O) groups is 1. The van der Waals surface area contributed by atoms with Crippen LogP contribution in [-0.2, 0) is 4.79 Å². The van der Waals surface area contributed by atoms with Gasteiger partial charge in [-0.25, -0.2) is 4.39 Å². The van der Waals surface area contributed by atoms with Crippen molar-refractivity contribution in [3.8, 4) is 11.8 Å². The largest absolute Gasteiger partial charge is 0.492 e. The fraction of sp³-hybridized carbons (Fsp3) is 0.292. The van der Waals surface area contributed by atoms with Crippen molar-refractivity contribution in [2.24, 2.45) is 5.41 Å². The molecule has 4 N–H and O–H groups in total. The molecule has 162 valence electrons. The minimum Gasteiger partial charge on any atom is -0.492 e. The van der Waals surface area contributed by atoms with Crippen molar-refractivity contribution in [1.82, 2.24) is 0 Å². The van der Waals surface area contributed by atoms with Gasteiger partial charge in [-0.1, -0.05) is 20.8 Å². The van der Waals surface area contributed by atoms with Crippen LogP contribution in [0.3, 0.4) is 0 Å². The summed E-state index contributed by atoms with van der Waals surface area (Å²) in [5.74, 6) is -0.353. The van der Waals surface area contributed by atoms with E-state index in [0.717, 1.165) is 5.69 Å². The molecule has 0 saturated carbocycles. The van der Waals surface area contributed by atoms with E-state index in [9.17, 15) is 14.4 Å². The molecule has 0 atom stereocenters. The number of nitrogens with two attached hydrogens (primary N) is 1. The van der Waals surface area contributed by atoms with Gasteiger partial charge in [-0.2, -0.15) is 5.26 Å². The van der Waals surface area contributed by atoms with E-state index in [1.54, 1.807) is 42.6 Å². The number of amides is 1. The Hall–Kier alpha value is -3.50. The lowest BCUT2D eigenvalue weighted by Crippen LogP contribution is -2.75. The van der Waals surface area contributed by atoms with E-state index in [1.807, 2.05) is 20.8 Å². The molecule has 1 amide bonds. The predicted octanol–water partition coefficient (Wildman–Crippen LogP) is 4.27. The van der Waals surface area contributed by atoms with Crippen molar-refractivity contribution in [1.29, 1.82) is 10.7 Å². The average Bonchev–Trinajstić information content (AvgIpc) is 2.67. The Labute approximate surface area is 182 Å². The summed E-state index contributed by atoms with van der Waals surface area (Å²) in [6.45, 7) is 9.80. The van der Waals surface area contributed by atoms with E-state index in [2.05, 4.69) is 11.4 Å². The first-order valence-corrected chi connectivity index (χ1v) is 9.85. The van der Waals surface area contributed by atoms with Gasteiger partial charge < -0.3 is 15.5 Å². The molecule has 31 heavy (non-hydrogen) atoms. The van der Waals surface area contributed by atoms with E-state index in [0.29, 0.717) is 29.3 Å². The van der Waals surface area contributed by atoms with Crippen molar-refractivity contribution < 1.29 is 19.2 Å². The first kappa shape index (κ1) is 23.8. The number of benzene rings is 2. The van der Waals surface area contributed by atoms with Crippen LogP contribution >= 0.6 is 0 Å². The summed E-state index contributed by atoms with van der Waals surface area (Å²) in [6.07, 6.45) is 0. The highest BCUT2D eigenvalue weighted by Crippen LogP contribution is 2.25. The molecule has 0 spiro atoms. The van der Waals surface area contributed by atoms with E-state index in [-0.39, 0.29) is 22.5 Å². The van der Waals surface area contributed by atoms with Gasteiger partial charge in [0, 0.05) is 30.5 Å². The van der Waals surface area contributed by atoms with Gasteiger partial charge in [-0.3, -0.25) is 10.1 Å². The molecule has 0 heterocycles. The van der Waals surface area contributed by atoms with Gasteiger partial charge in [-0.05, 0) is 42.7 Å². The Balaban J connectivity index is 2.23. The standard InChI is InChI=1S/C24H27FN4O2/c1-15(27)22(16(2)28-19-8-6-18(25)7-9-19)23(30)29-20-10-11-21(17(12-20)13-26)31-14-24(3,4)5/h6-12,27-28H,14H2,1-5H3,(H,29,30)/p+1/b22-16+,27-15?. The fourth-order valence-electron chi connectivity index (χ4n) is 2.84. The molecule has 0 aliphatic carbocycles. The molecular formula is C24H28FN4O2+. The summed E-state index contributed by atoms with van der Waals surface area (Å²) in [5, 5.41) is 22.0. The Kier molecular flexibility index (Phi) is 7.67. The summed E-state index contributed by atoms with van der Waals surface area (Å²) in [7, 11) is 0. The minimum absolute atomic E-state index is 0.0562. The van der Waals surface area contributed by atoms with Crippen LogP contribution in [0.1, 0.15) is 40.2 Å². The Morgan fingerprint density at radius 1 is 1.19 bits per heavy atom. The lowest BCUT2D eigenvalue weighted by atomic mass is 9.98. The second-order valence-corrected chi connectivity index (χ2v) is 8.51. The van der Waals surface area contributed by atoms with Gasteiger partial charge in [-0.15, -0.1) is 0 Å². The summed E-state index contributed by atoms with van der Waals surface area (Å²) >= 11 is 0. The summed E-state index contributed by atoms with van der Waals surface area (Å²) in [6, 6.07) is 12.8. The molecule has 2 aromatic carbocycles. The number of nitrogens with one attached hydrogen (secondary N) is 2. The molecule has 0 radical (unpaired) electrons. The van der Waals surface area contributed by atoms with Crippen LogP contribution in [0.2, 0.25) is 0 Å². The summed E-state index contributed by atoms with van der Waals surface area (Å²) in [4.78, 5) is 12.9. The monoisotopic (exact) mass is 423 g/mol. The van der Waals surface area contributed by atoms with E-state index < -0.39 is 5.91 Å². The average molecular weight is 424 g/mol. The molecule has 6 nitrogen and oxygen atoms in total. The highest BCUT2D eigenvalue weighted by atomic mass is 19.1. The van der Waals surface area contributed by atoms with Crippen molar-refractivity contribution in [3.05, 3.63) is 65.1 Å². The number of quaternary nitrogens is 1. The van der Waals surface area contributed by atoms with Crippen molar-refractivity contribution >= 4 is 23.0 Å². The highest BCUT2D eigenvalue weighted by molar-refractivity contribution is 6.24. The Morgan fingerprint density at radius 3 is 2.39 bits per heavy atom. The zero-order valence-corrected chi connectivity index (χ0v) is 18.5. The number of nitrogens with zero attached hydrogens (tertiary/aromatic N) is 1. The maximum atomic E-state index is 13.1. The first-order chi connectivity index (χ1) is 14.5. The van der Waals surface area contributed by atoms with Crippen LogP contribution in [0.4, 0.5) is 15.8 Å².